The predicted octanol–water partition coefficient (Wildman–Crippen LogP) is 4.89. The molecule has 3 rings (SSSR count). The third kappa shape index (κ3) is 5.65. The van der Waals surface area contributed by atoms with Crippen LogP contribution in [0.4, 0.5) is 24.1 Å². The van der Waals surface area contributed by atoms with Crippen molar-refractivity contribution in [3.63, 3.8) is 0 Å². The zero-order chi connectivity index (χ0) is 26.4. The molecule has 0 aromatic heterocycles. The van der Waals surface area contributed by atoms with Crippen molar-refractivity contribution in [2.24, 2.45) is 0 Å². The Hall–Kier alpha value is -4.35. The van der Waals surface area contributed by atoms with E-state index in [2.05, 4.69) is 5.32 Å². The largest absolute Gasteiger partial charge is 0.466 e. The van der Waals surface area contributed by atoms with Crippen LogP contribution in [0.5, 0.6) is 0 Å². The van der Waals surface area contributed by atoms with Crippen LogP contribution in [0, 0.1) is 21.7 Å². The maximum absolute atomic E-state index is 14.1. The van der Waals surface area contributed by atoms with Crippen molar-refractivity contribution in [1.29, 1.82) is 0 Å². The summed E-state index contributed by atoms with van der Waals surface area (Å²) in [6.45, 7) is 1.54. The number of esters is 1. The van der Waals surface area contributed by atoms with Gasteiger partial charge in [-0.25, -0.2) is 28.1 Å². The fraction of sp³-hybridized carbons (Fsp3) is 0.292. The number of imide groups is 1. The highest BCUT2D eigenvalue weighted by molar-refractivity contribution is 6.00. The molecule has 0 saturated heterocycles. The number of benzene rings is 2. The second kappa shape index (κ2) is 11.4. The monoisotopic (exact) mass is 503 g/mol. The van der Waals surface area contributed by atoms with Crippen LogP contribution in [0.2, 0.25) is 0 Å². The summed E-state index contributed by atoms with van der Waals surface area (Å²) in [4.78, 5) is 49.7. The smallest absolute Gasteiger partial charge is 0.419 e. The van der Waals surface area contributed by atoms with Crippen LogP contribution < -0.4 is 5.32 Å². The Bertz CT molecular complexity index is 1210. The van der Waals surface area contributed by atoms with Crippen molar-refractivity contribution in [1.82, 2.24) is 10.2 Å². The molecule has 0 spiro atoms. The van der Waals surface area contributed by atoms with Gasteiger partial charge in [-0.15, -0.1) is 0 Å². The minimum absolute atomic E-state index is 0.0505. The van der Waals surface area contributed by atoms with Crippen LogP contribution in [0.1, 0.15) is 43.4 Å². The molecule has 2 aromatic carbocycles. The van der Waals surface area contributed by atoms with Gasteiger partial charge in [0.25, 0.3) is 5.69 Å². The van der Waals surface area contributed by atoms with E-state index in [-0.39, 0.29) is 35.5 Å². The summed E-state index contributed by atoms with van der Waals surface area (Å²) in [5.41, 5.74) is 0.256. The molecule has 1 atom stereocenters. The number of urea groups is 1. The number of amides is 3. The molecule has 0 radical (unpaired) electrons. The number of ether oxygens (including phenoxy) is 2. The highest BCUT2D eigenvalue weighted by Crippen LogP contribution is 2.37. The van der Waals surface area contributed by atoms with E-state index >= 15 is 0 Å². The Balaban J connectivity index is 2.00. The number of non-ortho nitro benzene ring substituents is 1. The van der Waals surface area contributed by atoms with E-state index in [0.717, 1.165) is 31.7 Å². The third-order valence-corrected chi connectivity index (χ3v) is 5.48. The van der Waals surface area contributed by atoms with Gasteiger partial charge in [-0.1, -0.05) is 19.4 Å². The summed E-state index contributed by atoms with van der Waals surface area (Å²) < 4.78 is 37.9. The number of nitro benzene ring substituents is 1. The molecule has 0 bridgehead atoms. The van der Waals surface area contributed by atoms with E-state index in [0.29, 0.717) is 16.9 Å². The van der Waals surface area contributed by atoms with Gasteiger partial charge in [-0.05, 0) is 48.2 Å². The molecule has 0 aliphatic carbocycles. The van der Waals surface area contributed by atoms with Crippen LogP contribution in [0.3, 0.4) is 0 Å². The Morgan fingerprint density at radius 2 is 1.83 bits per heavy atom. The number of nitrogens with zero attached hydrogens (tertiary/aromatic N) is 2. The van der Waals surface area contributed by atoms with Gasteiger partial charge < -0.3 is 14.8 Å². The molecule has 1 aliphatic rings. The minimum atomic E-state index is -1.46. The highest BCUT2D eigenvalue weighted by Gasteiger charge is 2.43. The van der Waals surface area contributed by atoms with E-state index in [1.54, 1.807) is 0 Å². The van der Waals surface area contributed by atoms with Gasteiger partial charge in [-0.3, -0.25) is 10.1 Å². The van der Waals surface area contributed by atoms with Crippen molar-refractivity contribution >= 4 is 23.8 Å². The Morgan fingerprint density at radius 3 is 2.42 bits per heavy atom. The molecule has 190 valence electrons. The van der Waals surface area contributed by atoms with Gasteiger partial charge in [-0.2, -0.15) is 0 Å². The average molecular weight is 503 g/mol. The molecule has 1 heterocycles. The molecule has 10 nitrogen and oxygen atoms in total. The summed E-state index contributed by atoms with van der Waals surface area (Å²) >= 11 is 0. The first-order valence-corrected chi connectivity index (χ1v) is 10.9. The van der Waals surface area contributed by atoms with E-state index in [4.69, 9.17) is 9.47 Å². The molecule has 1 N–H and O–H groups in total. The number of rotatable bonds is 8. The number of methoxy groups -OCH3 is 1. The maximum Gasteiger partial charge on any atom is 0.419 e. The van der Waals surface area contributed by atoms with Gasteiger partial charge in [0.2, 0.25) is 0 Å². The highest BCUT2D eigenvalue weighted by atomic mass is 19.2. The normalized spacial score (nSPS) is 15.4. The number of unbranched alkanes of at least 4 members (excludes halogenated alkanes) is 1. The summed E-state index contributed by atoms with van der Waals surface area (Å²) in [6.07, 6.45) is 0.394. The van der Waals surface area contributed by atoms with E-state index in [1.165, 1.54) is 24.3 Å². The topological polar surface area (TPSA) is 128 Å². The number of halogens is 2. The summed E-state index contributed by atoms with van der Waals surface area (Å²) in [5.74, 6) is -3.26. The van der Waals surface area contributed by atoms with Gasteiger partial charge in [0.15, 0.2) is 11.6 Å². The fourth-order valence-corrected chi connectivity index (χ4v) is 3.68. The lowest BCUT2D eigenvalue weighted by Crippen LogP contribution is -2.51. The lowest BCUT2D eigenvalue weighted by atomic mass is 9.92. The molecule has 2 aromatic rings. The predicted molar refractivity (Wildman–Crippen MR) is 121 cm³/mol. The van der Waals surface area contributed by atoms with Gasteiger partial charge >= 0.3 is 18.1 Å². The van der Waals surface area contributed by atoms with E-state index in [1.807, 2.05) is 6.92 Å². The second-order valence-electron chi connectivity index (χ2n) is 7.84. The molecule has 1 aliphatic heterocycles. The summed E-state index contributed by atoms with van der Waals surface area (Å²) in [7, 11) is 1.11. The standard InChI is InChI=1S/C24H23F2N3O7/c1-3-4-5-19-20(22(30)35-2)21(15-8-11-17(25)18(26)12-15)28(23(31)27-19)24(32)36-13-14-6-9-16(10-7-14)29(33)34/h6-12,21H,3-5,13H2,1-2H3,(H,27,31). The van der Waals surface area contributed by atoms with Crippen molar-refractivity contribution in [2.45, 2.75) is 38.8 Å². The fourth-order valence-electron chi connectivity index (χ4n) is 3.68. The third-order valence-electron chi connectivity index (χ3n) is 5.48. The quantitative estimate of drug-likeness (QED) is 0.308. The Labute approximate surface area is 204 Å². The van der Waals surface area contributed by atoms with Crippen molar-refractivity contribution in [2.75, 3.05) is 7.11 Å². The number of nitrogens with one attached hydrogen (secondary N) is 1. The number of carbonyl (C=O) groups excluding carboxylic acids is 3. The number of hydrogen-bond acceptors (Lipinski definition) is 7. The zero-order valence-corrected chi connectivity index (χ0v) is 19.5. The molecule has 0 saturated carbocycles. The van der Waals surface area contributed by atoms with Crippen LogP contribution in [-0.2, 0) is 20.9 Å². The molecule has 1 unspecified atom stereocenters. The molecule has 12 heteroatoms. The second-order valence-corrected chi connectivity index (χ2v) is 7.84. The summed E-state index contributed by atoms with van der Waals surface area (Å²) in [6, 6.07) is 5.55. The number of nitro groups is 1. The van der Waals surface area contributed by atoms with Gasteiger partial charge in [0, 0.05) is 17.8 Å². The molecule has 36 heavy (non-hydrogen) atoms. The summed E-state index contributed by atoms with van der Waals surface area (Å²) in [5, 5.41) is 13.3. The van der Waals surface area contributed by atoms with Gasteiger partial charge in [0.05, 0.1) is 17.6 Å². The van der Waals surface area contributed by atoms with Crippen LogP contribution in [0.25, 0.3) is 0 Å². The van der Waals surface area contributed by atoms with E-state index < -0.39 is 40.7 Å². The molecule has 0 fully saturated rings. The molecule has 3 amide bonds. The van der Waals surface area contributed by atoms with E-state index in [9.17, 15) is 33.3 Å². The number of allylic oxidation sites excluding steroid dienone is 1. The maximum atomic E-state index is 14.1. The van der Waals surface area contributed by atoms with Crippen molar-refractivity contribution in [3.05, 3.63) is 86.6 Å². The minimum Gasteiger partial charge on any atom is -0.466 e. The van der Waals surface area contributed by atoms with Crippen molar-refractivity contribution < 1.29 is 37.6 Å². The number of hydrogen-bond donors (Lipinski definition) is 1. The number of carbonyl (C=O) groups is 3. The van der Waals surface area contributed by atoms with Crippen LogP contribution in [-0.4, -0.2) is 35.0 Å². The first kappa shape index (κ1) is 26.3. The first-order valence-electron chi connectivity index (χ1n) is 10.9. The average Bonchev–Trinajstić information content (AvgIpc) is 2.86. The zero-order valence-electron chi connectivity index (χ0n) is 19.5. The van der Waals surface area contributed by atoms with Crippen LogP contribution >= 0.6 is 0 Å². The Kier molecular flexibility index (Phi) is 8.30. The lowest BCUT2D eigenvalue weighted by Gasteiger charge is -2.36. The Morgan fingerprint density at radius 1 is 1.14 bits per heavy atom. The molecular formula is C24H23F2N3O7. The van der Waals surface area contributed by atoms with Gasteiger partial charge in [0.1, 0.15) is 12.6 Å². The molecular weight excluding hydrogens is 480 g/mol. The first-order chi connectivity index (χ1) is 17.2. The SMILES string of the molecule is CCCCC1=C(C(=O)OC)C(c2ccc(F)c(F)c2)N(C(=O)OCc2ccc([N+](=O)[O-])cc2)C(=O)N1. The lowest BCUT2D eigenvalue weighted by molar-refractivity contribution is -0.384. The van der Waals surface area contributed by atoms with Crippen LogP contribution in [0.15, 0.2) is 53.7 Å². The van der Waals surface area contributed by atoms with Crippen molar-refractivity contribution in [3.8, 4) is 0 Å².